The zero-order chi connectivity index (χ0) is 17.0. The van der Waals surface area contributed by atoms with Crippen molar-refractivity contribution >= 4 is 15.7 Å². The van der Waals surface area contributed by atoms with E-state index in [1.165, 1.54) is 6.26 Å². The van der Waals surface area contributed by atoms with E-state index >= 15 is 0 Å². The van der Waals surface area contributed by atoms with E-state index in [1.807, 2.05) is 0 Å². The first kappa shape index (κ1) is 17.1. The quantitative estimate of drug-likeness (QED) is 0.831. The van der Waals surface area contributed by atoms with Crippen LogP contribution in [0, 0.1) is 0 Å². The van der Waals surface area contributed by atoms with Gasteiger partial charge in [-0.1, -0.05) is 0 Å². The van der Waals surface area contributed by atoms with E-state index in [2.05, 4.69) is 5.32 Å². The summed E-state index contributed by atoms with van der Waals surface area (Å²) in [5.74, 6) is -3.83. The fourth-order valence-electron chi connectivity index (χ4n) is 1.77. The number of halogens is 2. The molecular formula is C14H13F2NO5S. The van der Waals surface area contributed by atoms with Crippen molar-refractivity contribution in [2.75, 3.05) is 6.54 Å². The van der Waals surface area contributed by atoms with Crippen LogP contribution in [0.1, 0.15) is 22.2 Å². The number of amides is 1. The summed E-state index contributed by atoms with van der Waals surface area (Å²) in [7, 11) is -4.69. The number of aliphatic hydroxyl groups is 1. The Morgan fingerprint density at radius 2 is 1.87 bits per heavy atom. The number of furan rings is 1. The summed E-state index contributed by atoms with van der Waals surface area (Å²) in [6.45, 7) is -0.122. The number of hydrogen-bond donors (Lipinski definition) is 2. The van der Waals surface area contributed by atoms with Crippen LogP contribution in [-0.2, 0) is 9.84 Å². The van der Waals surface area contributed by atoms with Crippen molar-refractivity contribution in [2.45, 2.75) is 16.8 Å². The summed E-state index contributed by atoms with van der Waals surface area (Å²) in [5, 5.41) is 12.2. The smallest absolute Gasteiger partial charge is 0.341 e. The third kappa shape index (κ3) is 3.93. The lowest BCUT2D eigenvalue weighted by molar-refractivity contribution is 0.0901. The highest BCUT2D eigenvalue weighted by Gasteiger charge is 2.26. The molecule has 6 nitrogen and oxygen atoms in total. The van der Waals surface area contributed by atoms with E-state index in [0.717, 1.165) is 24.3 Å². The standard InChI is InChI=1S/C14H13F2NO5S/c15-14(16)23(20,21)10-5-3-9(4-6-10)13(19)17-8-11(18)12-2-1-7-22-12/h1-7,11,14,18H,8H2,(H,17,19)/t11-/m1/s1. The van der Waals surface area contributed by atoms with Crippen LogP contribution in [0.15, 0.2) is 52.0 Å². The highest BCUT2D eigenvalue weighted by molar-refractivity contribution is 7.91. The van der Waals surface area contributed by atoms with Crippen molar-refractivity contribution in [1.29, 1.82) is 0 Å². The monoisotopic (exact) mass is 345 g/mol. The largest absolute Gasteiger partial charge is 0.467 e. The van der Waals surface area contributed by atoms with Crippen LogP contribution >= 0.6 is 0 Å². The Morgan fingerprint density at radius 1 is 1.22 bits per heavy atom. The number of nitrogens with one attached hydrogen (secondary N) is 1. The molecule has 1 aromatic carbocycles. The molecule has 0 spiro atoms. The van der Waals surface area contributed by atoms with Crippen LogP contribution in [0.25, 0.3) is 0 Å². The van der Waals surface area contributed by atoms with Gasteiger partial charge in [-0.3, -0.25) is 4.79 Å². The Morgan fingerprint density at radius 3 is 2.39 bits per heavy atom. The molecule has 9 heteroatoms. The Hall–Kier alpha value is -2.26. The lowest BCUT2D eigenvalue weighted by atomic mass is 10.2. The van der Waals surface area contributed by atoms with Gasteiger partial charge in [-0.25, -0.2) is 8.42 Å². The first-order valence-electron chi connectivity index (χ1n) is 6.44. The van der Waals surface area contributed by atoms with Crippen LogP contribution in [0.3, 0.4) is 0 Å². The van der Waals surface area contributed by atoms with Crippen LogP contribution in [-0.4, -0.2) is 31.7 Å². The second kappa shape index (κ2) is 6.88. The van der Waals surface area contributed by atoms with Crippen LogP contribution in [0.2, 0.25) is 0 Å². The fraction of sp³-hybridized carbons (Fsp3) is 0.214. The minimum atomic E-state index is -4.69. The predicted octanol–water partition coefficient (Wildman–Crippen LogP) is 1.74. The summed E-state index contributed by atoms with van der Waals surface area (Å²) in [5.41, 5.74) is 0.0739. The van der Waals surface area contributed by atoms with Crippen molar-refractivity contribution in [2.24, 2.45) is 0 Å². The van der Waals surface area contributed by atoms with Gasteiger partial charge in [0.15, 0.2) is 0 Å². The van der Waals surface area contributed by atoms with Gasteiger partial charge in [-0.2, -0.15) is 8.78 Å². The van der Waals surface area contributed by atoms with Crippen LogP contribution in [0.5, 0.6) is 0 Å². The predicted molar refractivity (Wildman–Crippen MR) is 75.6 cm³/mol. The lowest BCUT2D eigenvalue weighted by Crippen LogP contribution is -2.28. The van der Waals surface area contributed by atoms with Gasteiger partial charge in [0, 0.05) is 5.56 Å². The molecule has 0 saturated heterocycles. The minimum absolute atomic E-state index is 0.0739. The first-order chi connectivity index (χ1) is 10.8. The molecule has 1 aromatic heterocycles. The number of benzene rings is 1. The van der Waals surface area contributed by atoms with Gasteiger partial charge < -0.3 is 14.8 Å². The highest BCUT2D eigenvalue weighted by atomic mass is 32.2. The molecule has 124 valence electrons. The van der Waals surface area contributed by atoms with Gasteiger partial charge in [0.25, 0.3) is 5.91 Å². The molecule has 23 heavy (non-hydrogen) atoms. The molecule has 0 unspecified atom stereocenters. The summed E-state index contributed by atoms with van der Waals surface area (Å²) < 4.78 is 52.3. The SMILES string of the molecule is O=C(NC[C@@H](O)c1ccco1)c1ccc(S(=O)(=O)C(F)F)cc1. The van der Waals surface area contributed by atoms with Crippen molar-refractivity contribution < 1.29 is 31.5 Å². The maximum Gasteiger partial charge on any atom is 0.341 e. The third-order valence-corrected chi connectivity index (χ3v) is 4.41. The molecule has 1 amide bonds. The zero-order valence-electron chi connectivity index (χ0n) is 11.6. The molecule has 0 aliphatic heterocycles. The zero-order valence-corrected chi connectivity index (χ0v) is 12.5. The minimum Gasteiger partial charge on any atom is -0.467 e. The van der Waals surface area contributed by atoms with Gasteiger partial charge in [0.1, 0.15) is 11.9 Å². The number of rotatable bonds is 6. The topological polar surface area (TPSA) is 96.6 Å². The highest BCUT2D eigenvalue weighted by Crippen LogP contribution is 2.18. The molecule has 0 aliphatic rings. The molecule has 0 saturated carbocycles. The van der Waals surface area contributed by atoms with Crippen molar-refractivity contribution in [1.82, 2.24) is 5.32 Å². The van der Waals surface area contributed by atoms with Gasteiger partial charge in [-0.15, -0.1) is 0 Å². The maximum absolute atomic E-state index is 12.4. The number of carbonyl (C=O) groups excluding carboxylic acids is 1. The number of sulfone groups is 1. The van der Waals surface area contributed by atoms with Crippen molar-refractivity contribution in [3.8, 4) is 0 Å². The second-order valence-corrected chi connectivity index (χ2v) is 6.49. The van der Waals surface area contributed by atoms with E-state index in [0.29, 0.717) is 0 Å². The normalized spacial score (nSPS) is 13.0. The first-order valence-corrected chi connectivity index (χ1v) is 7.99. The van der Waals surface area contributed by atoms with E-state index in [-0.39, 0.29) is 17.9 Å². The second-order valence-electron chi connectivity index (χ2n) is 4.57. The Labute approximate surface area is 130 Å². The summed E-state index contributed by atoms with van der Waals surface area (Å²) in [6.07, 6.45) is 0.343. The lowest BCUT2D eigenvalue weighted by Gasteiger charge is -2.10. The molecule has 1 heterocycles. The molecule has 0 aliphatic carbocycles. The van der Waals surface area contributed by atoms with Gasteiger partial charge in [-0.05, 0) is 36.4 Å². The molecule has 0 bridgehead atoms. The van der Waals surface area contributed by atoms with Gasteiger partial charge in [0.2, 0.25) is 9.84 Å². The molecule has 0 fully saturated rings. The number of aliphatic hydroxyl groups excluding tert-OH is 1. The van der Waals surface area contributed by atoms with Crippen LogP contribution in [0.4, 0.5) is 8.78 Å². The number of alkyl halides is 2. The van der Waals surface area contributed by atoms with E-state index in [1.54, 1.807) is 12.1 Å². The van der Waals surface area contributed by atoms with Gasteiger partial charge >= 0.3 is 5.76 Å². The Balaban J connectivity index is 2.01. The van der Waals surface area contributed by atoms with Crippen LogP contribution < -0.4 is 5.32 Å². The van der Waals surface area contributed by atoms with Crippen molar-refractivity contribution in [3.05, 3.63) is 54.0 Å². The summed E-state index contributed by atoms with van der Waals surface area (Å²) in [4.78, 5) is 11.3. The number of hydrogen-bond acceptors (Lipinski definition) is 5. The molecule has 2 aromatic rings. The fourth-order valence-corrected chi connectivity index (χ4v) is 2.49. The number of carbonyl (C=O) groups is 1. The van der Waals surface area contributed by atoms with E-state index in [4.69, 9.17) is 4.42 Å². The molecule has 2 N–H and O–H groups in total. The average Bonchev–Trinajstić information content (AvgIpc) is 3.06. The summed E-state index contributed by atoms with van der Waals surface area (Å²) >= 11 is 0. The summed E-state index contributed by atoms with van der Waals surface area (Å²) in [6, 6.07) is 7.22. The molecular weight excluding hydrogens is 332 g/mol. The van der Waals surface area contributed by atoms with Gasteiger partial charge in [0.05, 0.1) is 17.7 Å². The van der Waals surface area contributed by atoms with E-state index in [9.17, 15) is 27.1 Å². The third-order valence-electron chi connectivity index (χ3n) is 3.01. The molecule has 1 atom stereocenters. The van der Waals surface area contributed by atoms with E-state index < -0.39 is 32.5 Å². The Kier molecular flexibility index (Phi) is 5.12. The molecule has 2 rings (SSSR count). The molecule has 0 radical (unpaired) electrons. The Bertz CT molecular complexity index is 757. The average molecular weight is 345 g/mol. The van der Waals surface area contributed by atoms with Crippen molar-refractivity contribution in [3.63, 3.8) is 0 Å². The maximum atomic E-state index is 12.4.